The SMILES string of the molecule is Fc1cc2ncnc(N3CCCC4CCCC43)c2cc1F. The van der Waals surface area contributed by atoms with Gasteiger partial charge in [-0.2, -0.15) is 0 Å². The number of benzene rings is 1. The van der Waals surface area contributed by atoms with Crippen LogP contribution >= 0.6 is 0 Å². The molecule has 0 amide bonds. The summed E-state index contributed by atoms with van der Waals surface area (Å²) in [6.45, 7) is 0.937. The summed E-state index contributed by atoms with van der Waals surface area (Å²) >= 11 is 0. The van der Waals surface area contributed by atoms with E-state index in [9.17, 15) is 8.78 Å². The predicted octanol–water partition coefficient (Wildman–Crippen LogP) is 3.68. The standard InChI is InChI=1S/C16H17F2N3/c17-12-7-11-14(8-13(12)18)19-9-20-16(11)21-6-2-4-10-3-1-5-15(10)21/h7-10,15H,1-6H2. The number of anilines is 1. The number of piperidine rings is 1. The number of hydrogen-bond acceptors (Lipinski definition) is 3. The number of halogens is 2. The van der Waals surface area contributed by atoms with Gasteiger partial charge in [0, 0.05) is 24.0 Å². The topological polar surface area (TPSA) is 29.0 Å². The minimum Gasteiger partial charge on any atom is -0.353 e. The van der Waals surface area contributed by atoms with Gasteiger partial charge in [-0.1, -0.05) is 6.42 Å². The monoisotopic (exact) mass is 289 g/mol. The Bertz CT molecular complexity index is 689. The molecule has 2 unspecified atom stereocenters. The van der Waals surface area contributed by atoms with Crippen molar-refractivity contribution in [2.75, 3.05) is 11.4 Å². The van der Waals surface area contributed by atoms with E-state index >= 15 is 0 Å². The molecule has 2 aliphatic rings. The molecule has 2 heterocycles. The number of aromatic nitrogens is 2. The van der Waals surface area contributed by atoms with Crippen LogP contribution in [0.2, 0.25) is 0 Å². The van der Waals surface area contributed by atoms with Gasteiger partial charge in [-0.15, -0.1) is 0 Å². The third-order valence-corrected chi connectivity index (χ3v) is 4.92. The minimum absolute atomic E-state index is 0.471. The third-order valence-electron chi connectivity index (χ3n) is 4.92. The van der Waals surface area contributed by atoms with E-state index in [0.717, 1.165) is 24.8 Å². The fourth-order valence-electron chi connectivity index (χ4n) is 3.98. The van der Waals surface area contributed by atoms with Crippen molar-refractivity contribution in [3.63, 3.8) is 0 Å². The molecular weight excluding hydrogens is 272 g/mol. The van der Waals surface area contributed by atoms with Gasteiger partial charge in [0.1, 0.15) is 12.1 Å². The van der Waals surface area contributed by atoms with E-state index in [4.69, 9.17) is 0 Å². The van der Waals surface area contributed by atoms with Crippen LogP contribution in [0.1, 0.15) is 32.1 Å². The van der Waals surface area contributed by atoms with E-state index in [1.165, 1.54) is 38.1 Å². The number of hydrogen-bond donors (Lipinski definition) is 0. The van der Waals surface area contributed by atoms with Crippen LogP contribution in [0, 0.1) is 17.6 Å². The van der Waals surface area contributed by atoms with Gasteiger partial charge in [0.15, 0.2) is 11.6 Å². The lowest BCUT2D eigenvalue weighted by molar-refractivity contribution is 0.361. The van der Waals surface area contributed by atoms with E-state index in [2.05, 4.69) is 14.9 Å². The summed E-state index contributed by atoms with van der Waals surface area (Å²) in [7, 11) is 0. The number of rotatable bonds is 1. The summed E-state index contributed by atoms with van der Waals surface area (Å²) in [5, 5.41) is 0.615. The second-order valence-electron chi connectivity index (χ2n) is 6.07. The Morgan fingerprint density at radius 2 is 1.81 bits per heavy atom. The van der Waals surface area contributed by atoms with Gasteiger partial charge < -0.3 is 4.90 Å². The van der Waals surface area contributed by atoms with Gasteiger partial charge in [0.25, 0.3) is 0 Å². The zero-order valence-electron chi connectivity index (χ0n) is 11.7. The zero-order chi connectivity index (χ0) is 14.4. The van der Waals surface area contributed by atoms with E-state index < -0.39 is 11.6 Å². The first-order valence-corrected chi connectivity index (χ1v) is 7.60. The summed E-state index contributed by atoms with van der Waals surface area (Å²) in [5.74, 6) is -0.215. The summed E-state index contributed by atoms with van der Waals surface area (Å²) in [5.41, 5.74) is 0.471. The summed E-state index contributed by atoms with van der Waals surface area (Å²) in [4.78, 5) is 10.8. The van der Waals surface area contributed by atoms with Crippen LogP contribution < -0.4 is 4.90 Å². The van der Waals surface area contributed by atoms with Gasteiger partial charge in [-0.25, -0.2) is 18.7 Å². The molecule has 0 bridgehead atoms. The molecule has 0 spiro atoms. The van der Waals surface area contributed by atoms with Crippen molar-refractivity contribution in [1.29, 1.82) is 0 Å². The van der Waals surface area contributed by atoms with Gasteiger partial charge >= 0.3 is 0 Å². The molecule has 1 aliphatic heterocycles. The molecular formula is C16H17F2N3. The largest absolute Gasteiger partial charge is 0.353 e. The van der Waals surface area contributed by atoms with E-state index in [-0.39, 0.29) is 0 Å². The van der Waals surface area contributed by atoms with Crippen molar-refractivity contribution in [1.82, 2.24) is 9.97 Å². The molecule has 21 heavy (non-hydrogen) atoms. The Balaban J connectivity index is 1.84. The Hall–Kier alpha value is -1.78. The fraction of sp³-hybridized carbons (Fsp3) is 0.500. The van der Waals surface area contributed by atoms with Gasteiger partial charge in [0.05, 0.1) is 5.52 Å². The molecule has 1 aromatic heterocycles. The van der Waals surface area contributed by atoms with Crippen molar-refractivity contribution >= 4 is 16.7 Å². The van der Waals surface area contributed by atoms with Gasteiger partial charge in [0.2, 0.25) is 0 Å². The van der Waals surface area contributed by atoms with Crippen LogP contribution in [-0.4, -0.2) is 22.6 Å². The minimum atomic E-state index is -0.857. The van der Waals surface area contributed by atoms with E-state index in [1.807, 2.05) is 0 Å². The molecule has 3 nitrogen and oxygen atoms in total. The summed E-state index contributed by atoms with van der Waals surface area (Å²) in [6, 6.07) is 2.88. The summed E-state index contributed by atoms with van der Waals surface area (Å²) < 4.78 is 27.0. The van der Waals surface area contributed by atoms with Crippen molar-refractivity contribution in [2.45, 2.75) is 38.1 Å². The quantitative estimate of drug-likeness (QED) is 0.802. The molecule has 2 atom stereocenters. The highest BCUT2D eigenvalue weighted by molar-refractivity contribution is 5.89. The van der Waals surface area contributed by atoms with Crippen molar-refractivity contribution < 1.29 is 8.78 Å². The molecule has 0 N–H and O–H groups in total. The summed E-state index contributed by atoms with van der Waals surface area (Å²) in [6.07, 6.45) is 7.54. The van der Waals surface area contributed by atoms with Gasteiger partial charge in [-0.05, 0) is 37.7 Å². The lowest BCUT2D eigenvalue weighted by atomic mass is 9.92. The lowest BCUT2D eigenvalue weighted by Gasteiger charge is -2.39. The highest BCUT2D eigenvalue weighted by atomic mass is 19.2. The Kier molecular flexibility index (Phi) is 3.01. The van der Waals surface area contributed by atoms with Crippen LogP contribution in [-0.2, 0) is 0 Å². The van der Waals surface area contributed by atoms with E-state index in [0.29, 0.717) is 22.9 Å². The van der Waals surface area contributed by atoms with Crippen molar-refractivity contribution in [3.8, 4) is 0 Å². The maximum absolute atomic E-state index is 13.6. The lowest BCUT2D eigenvalue weighted by Crippen LogP contribution is -2.43. The molecule has 5 heteroatoms. The highest BCUT2D eigenvalue weighted by Crippen LogP contribution is 2.40. The first-order chi connectivity index (χ1) is 10.2. The van der Waals surface area contributed by atoms with Crippen LogP contribution in [0.5, 0.6) is 0 Å². The smallest absolute Gasteiger partial charge is 0.161 e. The maximum Gasteiger partial charge on any atom is 0.161 e. The molecule has 4 rings (SSSR count). The second-order valence-corrected chi connectivity index (χ2v) is 6.07. The average Bonchev–Trinajstić information content (AvgIpc) is 2.96. The van der Waals surface area contributed by atoms with Crippen LogP contribution in [0.25, 0.3) is 10.9 Å². The van der Waals surface area contributed by atoms with E-state index in [1.54, 1.807) is 0 Å². The van der Waals surface area contributed by atoms with Gasteiger partial charge in [-0.3, -0.25) is 0 Å². The molecule has 1 aromatic carbocycles. The fourth-order valence-corrected chi connectivity index (χ4v) is 3.98. The van der Waals surface area contributed by atoms with Crippen LogP contribution in [0.3, 0.4) is 0 Å². The molecule has 110 valence electrons. The Morgan fingerprint density at radius 1 is 1.00 bits per heavy atom. The molecule has 2 aromatic rings. The predicted molar refractivity (Wildman–Crippen MR) is 77.2 cm³/mol. The normalized spacial score (nSPS) is 25.3. The third kappa shape index (κ3) is 2.06. The first-order valence-electron chi connectivity index (χ1n) is 7.60. The molecule has 1 saturated heterocycles. The second kappa shape index (κ2) is 4.90. The Morgan fingerprint density at radius 3 is 2.71 bits per heavy atom. The van der Waals surface area contributed by atoms with Crippen molar-refractivity contribution in [2.24, 2.45) is 5.92 Å². The highest BCUT2D eigenvalue weighted by Gasteiger charge is 2.36. The van der Waals surface area contributed by atoms with Crippen LogP contribution in [0.15, 0.2) is 18.5 Å². The van der Waals surface area contributed by atoms with Crippen LogP contribution in [0.4, 0.5) is 14.6 Å². The molecule has 1 saturated carbocycles. The number of fused-ring (bicyclic) bond motifs is 2. The van der Waals surface area contributed by atoms with Crippen molar-refractivity contribution in [3.05, 3.63) is 30.1 Å². The Labute approximate surface area is 122 Å². The number of nitrogens with zero attached hydrogens (tertiary/aromatic N) is 3. The molecule has 1 aliphatic carbocycles. The first kappa shape index (κ1) is 12.9. The zero-order valence-corrected chi connectivity index (χ0v) is 11.7. The molecule has 2 fully saturated rings. The average molecular weight is 289 g/mol. The molecule has 0 radical (unpaired) electrons. The maximum atomic E-state index is 13.6.